The Kier molecular flexibility index (Phi) is 5.24. The summed E-state index contributed by atoms with van der Waals surface area (Å²) >= 11 is 0. The quantitative estimate of drug-likeness (QED) is 0.528. The first-order valence-electron chi connectivity index (χ1n) is 7.94. The topological polar surface area (TPSA) is 81.5 Å². The third-order valence-electron chi connectivity index (χ3n) is 3.65. The summed E-state index contributed by atoms with van der Waals surface area (Å²) in [6, 6.07) is 22.2. The van der Waals surface area contributed by atoms with Gasteiger partial charge in [-0.2, -0.15) is 0 Å². The second kappa shape index (κ2) is 7.94. The maximum Gasteiger partial charge on any atom is 0.269 e. The number of benzene rings is 3. The van der Waals surface area contributed by atoms with Crippen LogP contribution in [0.3, 0.4) is 0 Å². The lowest BCUT2D eigenvalue weighted by Gasteiger charge is -2.09. The Labute approximate surface area is 150 Å². The zero-order valence-corrected chi connectivity index (χ0v) is 13.8. The Balaban J connectivity index is 1.65. The summed E-state index contributed by atoms with van der Waals surface area (Å²) in [7, 11) is 0. The summed E-state index contributed by atoms with van der Waals surface area (Å²) in [6.45, 7) is 0.192. The Morgan fingerprint density at radius 2 is 1.73 bits per heavy atom. The minimum absolute atomic E-state index is 0.0231. The second-order valence-corrected chi connectivity index (χ2v) is 5.56. The van der Waals surface area contributed by atoms with Gasteiger partial charge in [0, 0.05) is 29.4 Å². The van der Waals surface area contributed by atoms with Gasteiger partial charge in [-0.1, -0.05) is 36.4 Å². The van der Waals surface area contributed by atoms with E-state index >= 15 is 0 Å². The molecule has 26 heavy (non-hydrogen) atoms. The van der Waals surface area contributed by atoms with Gasteiger partial charge in [0.05, 0.1) is 4.92 Å². The van der Waals surface area contributed by atoms with Crippen LogP contribution in [0, 0.1) is 10.1 Å². The van der Waals surface area contributed by atoms with Gasteiger partial charge in [0.2, 0.25) is 0 Å². The fourth-order valence-electron chi connectivity index (χ4n) is 2.38. The van der Waals surface area contributed by atoms with Crippen molar-refractivity contribution in [3.63, 3.8) is 0 Å². The van der Waals surface area contributed by atoms with Crippen LogP contribution >= 0.6 is 0 Å². The summed E-state index contributed by atoms with van der Waals surface area (Å²) in [5.74, 6) is 0.351. The van der Waals surface area contributed by atoms with Crippen LogP contribution in [0.25, 0.3) is 0 Å². The van der Waals surface area contributed by atoms with Crippen LogP contribution in [0.5, 0.6) is 5.75 Å². The number of amides is 1. The van der Waals surface area contributed by atoms with E-state index in [1.807, 2.05) is 6.07 Å². The highest BCUT2D eigenvalue weighted by Crippen LogP contribution is 2.20. The first-order valence-corrected chi connectivity index (χ1v) is 7.94. The zero-order chi connectivity index (χ0) is 18.4. The molecule has 3 rings (SSSR count). The third-order valence-corrected chi connectivity index (χ3v) is 3.65. The van der Waals surface area contributed by atoms with Crippen molar-refractivity contribution in [1.82, 2.24) is 0 Å². The molecule has 0 radical (unpaired) electrons. The van der Waals surface area contributed by atoms with Gasteiger partial charge in [-0.05, 0) is 29.8 Å². The molecule has 0 atom stereocenters. The zero-order valence-electron chi connectivity index (χ0n) is 13.8. The number of rotatable bonds is 6. The van der Waals surface area contributed by atoms with Crippen molar-refractivity contribution in [3.8, 4) is 5.75 Å². The van der Waals surface area contributed by atoms with Gasteiger partial charge in [0.25, 0.3) is 11.6 Å². The Hall–Kier alpha value is -3.67. The number of carbonyl (C=O) groups is 1. The van der Waals surface area contributed by atoms with Crippen LogP contribution in [-0.4, -0.2) is 10.8 Å². The van der Waals surface area contributed by atoms with Crippen LogP contribution in [0.2, 0.25) is 0 Å². The normalized spacial score (nSPS) is 10.2. The number of nitrogens with one attached hydrogen (secondary N) is 1. The lowest BCUT2D eigenvalue weighted by molar-refractivity contribution is -0.384. The van der Waals surface area contributed by atoms with Crippen molar-refractivity contribution < 1.29 is 14.5 Å². The maximum atomic E-state index is 12.2. The van der Waals surface area contributed by atoms with Gasteiger partial charge in [0.1, 0.15) is 12.4 Å². The number of anilines is 1. The van der Waals surface area contributed by atoms with Crippen molar-refractivity contribution >= 4 is 17.3 Å². The molecular weight excluding hydrogens is 332 g/mol. The van der Waals surface area contributed by atoms with Crippen LogP contribution in [0.1, 0.15) is 15.9 Å². The Morgan fingerprint density at radius 3 is 2.50 bits per heavy atom. The van der Waals surface area contributed by atoms with E-state index in [-0.39, 0.29) is 18.2 Å². The van der Waals surface area contributed by atoms with Crippen molar-refractivity contribution in [2.24, 2.45) is 0 Å². The molecular formula is C20H16N2O4. The predicted octanol–water partition coefficient (Wildman–Crippen LogP) is 4.43. The number of hydrogen-bond acceptors (Lipinski definition) is 4. The van der Waals surface area contributed by atoms with Crippen LogP contribution in [0.4, 0.5) is 11.4 Å². The Morgan fingerprint density at radius 1 is 0.962 bits per heavy atom. The van der Waals surface area contributed by atoms with Gasteiger partial charge >= 0.3 is 0 Å². The summed E-state index contributed by atoms with van der Waals surface area (Å²) in [5, 5.41) is 13.6. The third kappa shape index (κ3) is 4.45. The number of hydrogen-bond donors (Lipinski definition) is 1. The molecule has 1 amide bonds. The van der Waals surface area contributed by atoms with Crippen molar-refractivity contribution in [1.29, 1.82) is 0 Å². The molecule has 0 saturated carbocycles. The summed E-state index contributed by atoms with van der Waals surface area (Å²) < 4.78 is 5.68. The fraction of sp³-hybridized carbons (Fsp3) is 0.0500. The lowest BCUT2D eigenvalue weighted by Crippen LogP contribution is -2.11. The van der Waals surface area contributed by atoms with Gasteiger partial charge < -0.3 is 10.1 Å². The predicted molar refractivity (Wildman–Crippen MR) is 98.3 cm³/mol. The van der Waals surface area contributed by atoms with Crippen molar-refractivity contribution in [2.75, 3.05) is 5.32 Å². The molecule has 3 aromatic rings. The molecule has 0 bridgehead atoms. The van der Waals surface area contributed by atoms with Crippen molar-refractivity contribution in [3.05, 3.63) is 100 Å². The highest BCUT2D eigenvalue weighted by atomic mass is 16.6. The van der Waals surface area contributed by atoms with E-state index in [1.54, 1.807) is 60.7 Å². The number of nitro groups is 1. The molecule has 0 saturated heterocycles. The van der Waals surface area contributed by atoms with E-state index in [1.165, 1.54) is 12.1 Å². The van der Waals surface area contributed by atoms with E-state index in [2.05, 4.69) is 5.32 Å². The van der Waals surface area contributed by atoms with Gasteiger partial charge in [-0.15, -0.1) is 0 Å². The smallest absolute Gasteiger partial charge is 0.269 e. The van der Waals surface area contributed by atoms with E-state index in [9.17, 15) is 14.9 Å². The minimum atomic E-state index is -0.441. The molecule has 0 aliphatic carbocycles. The Bertz CT molecular complexity index is 926. The molecule has 0 aliphatic heterocycles. The molecule has 130 valence electrons. The number of nitro benzene ring substituents is 1. The standard InChI is InChI=1S/C20H16N2O4/c23-20(16-7-2-1-3-8-16)21-17-9-5-11-19(13-17)26-14-15-6-4-10-18(12-15)22(24)25/h1-13H,14H2,(H,21,23). The molecule has 0 aromatic heterocycles. The van der Waals surface area contributed by atoms with Crippen LogP contribution < -0.4 is 10.1 Å². The van der Waals surface area contributed by atoms with Gasteiger partial charge in [-0.3, -0.25) is 14.9 Å². The molecule has 6 heteroatoms. The average Bonchev–Trinajstić information content (AvgIpc) is 2.67. The largest absolute Gasteiger partial charge is 0.489 e. The number of non-ortho nitro benzene ring substituents is 1. The lowest BCUT2D eigenvalue weighted by atomic mass is 10.2. The summed E-state index contributed by atoms with van der Waals surface area (Å²) in [4.78, 5) is 22.6. The highest BCUT2D eigenvalue weighted by Gasteiger charge is 2.08. The number of ether oxygens (including phenoxy) is 1. The molecule has 0 aliphatic rings. The first-order chi connectivity index (χ1) is 12.6. The molecule has 0 heterocycles. The minimum Gasteiger partial charge on any atom is -0.489 e. The number of carbonyl (C=O) groups excluding carboxylic acids is 1. The highest BCUT2D eigenvalue weighted by molar-refractivity contribution is 6.04. The van der Waals surface area contributed by atoms with E-state index in [4.69, 9.17) is 4.74 Å². The van der Waals surface area contributed by atoms with Crippen LogP contribution in [0.15, 0.2) is 78.9 Å². The molecule has 6 nitrogen and oxygen atoms in total. The number of nitrogens with zero attached hydrogens (tertiary/aromatic N) is 1. The molecule has 0 spiro atoms. The monoisotopic (exact) mass is 348 g/mol. The average molecular weight is 348 g/mol. The second-order valence-electron chi connectivity index (χ2n) is 5.56. The summed E-state index contributed by atoms with van der Waals surface area (Å²) in [5.41, 5.74) is 1.89. The van der Waals surface area contributed by atoms with Gasteiger partial charge in [0.15, 0.2) is 0 Å². The molecule has 3 aromatic carbocycles. The SMILES string of the molecule is O=C(Nc1cccc(OCc2cccc([N+](=O)[O-])c2)c1)c1ccccc1. The molecule has 0 fully saturated rings. The van der Waals surface area contributed by atoms with E-state index < -0.39 is 4.92 Å². The van der Waals surface area contributed by atoms with E-state index in [0.29, 0.717) is 22.6 Å². The van der Waals surface area contributed by atoms with Crippen molar-refractivity contribution in [2.45, 2.75) is 6.61 Å². The van der Waals surface area contributed by atoms with E-state index in [0.717, 1.165) is 0 Å². The van der Waals surface area contributed by atoms with Crippen LogP contribution in [-0.2, 0) is 6.61 Å². The first kappa shape index (κ1) is 17.2. The summed E-state index contributed by atoms with van der Waals surface area (Å²) in [6.07, 6.45) is 0. The maximum absolute atomic E-state index is 12.2. The molecule has 1 N–H and O–H groups in total. The fourth-order valence-corrected chi connectivity index (χ4v) is 2.38. The molecule has 0 unspecified atom stereocenters. The van der Waals surface area contributed by atoms with Gasteiger partial charge in [-0.25, -0.2) is 0 Å².